The van der Waals surface area contributed by atoms with Crippen molar-refractivity contribution < 1.29 is 9.18 Å². The second kappa shape index (κ2) is 5.61. The first-order chi connectivity index (χ1) is 8.32. The van der Waals surface area contributed by atoms with Crippen LogP contribution in [0.4, 0.5) is 4.39 Å². The first kappa shape index (κ1) is 14.8. The topological polar surface area (TPSA) is 20.3 Å². The Labute approximate surface area is 109 Å². The van der Waals surface area contributed by atoms with Gasteiger partial charge in [0.25, 0.3) is 0 Å². The van der Waals surface area contributed by atoms with Crippen LogP contribution in [-0.4, -0.2) is 29.3 Å². The summed E-state index contributed by atoms with van der Waals surface area (Å²) in [6.07, 6.45) is 0. The molecule has 0 aliphatic rings. The third-order valence-electron chi connectivity index (χ3n) is 3.41. The molecule has 0 aliphatic carbocycles. The largest absolute Gasteiger partial charge is 0.292 e. The van der Waals surface area contributed by atoms with Crippen LogP contribution in [0.25, 0.3) is 0 Å². The minimum absolute atomic E-state index is 0.0335. The van der Waals surface area contributed by atoms with Crippen LogP contribution >= 0.6 is 0 Å². The molecule has 0 heterocycles. The third kappa shape index (κ3) is 2.96. The van der Waals surface area contributed by atoms with E-state index < -0.39 is 5.54 Å². The number of nitrogens with zero attached hydrogens (tertiary/aromatic N) is 1. The Hall–Kier alpha value is -1.22. The van der Waals surface area contributed by atoms with Crippen LogP contribution in [0.1, 0.15) is 43.6 Å². The highest BCUT2D eigenvalue weighted by atomic mass is 19.1. The normalized spacial score (nSPS) is 11.9. The third-order valence-corrected chi connectivity index (χ3v) is 3.41. The van der Waals surface area contributed by atoms with Crippen LogP contribution in [0.15, 0.2) is 18.2 Å². The van der Waals surface area contributed by atoms with Crippen molar-refractivity contribution in [1.29, 1.82) is 0 Å². The van der Waals surface area contributed by atoms with Gasteiger partial charge < -0.3 is 0 Å². The van der Waals surface area contributed by atoms with Crippen LogP contribution < -0.4 is 0 Å². The summed E-state index contributed by atoms with van der Waals surface area (Å²) in [5, 5.41) is 0. The number of Topliss-reactive ketones (excluding diaryl/α,β-unsaturated/α-hetero) is 1. The van der Waals surface area contributed by atoms with Gasteiger partial charge in [-0.25, -0.2) is 4.39 Å². The zero-order valence-corrected chi connectivity index (χ0v) is 11.9. The number of benzene rings is 1. The Kier molecular flexibility index (Phi) is 4.63. The van der Waals surface area contributed by atoms with E-state index in [-0.39, 0.29) is 11.6 Å². The minimum atomic E-state index is -0.607. The Morgan fingerprint density at radius 3 is 2.22 bits per heavy atom. The second-order valence-electron chi connectivity index (χ2n) is 5.08. The van der Waals surface area contributed by atoms with Crippen molar-refractivity contribution in [1.82, 2.24) is 4.90 Å². The van der Waals surface area contributed by atoms with E-state index in [0.717, 1.165) is 18.7 Å². The fourth-order valence-electron chi connectivity index (χ4n) is 2.38. The Bertz CT molecular complexity index is 416. The van der Waals surface area contributed by atoms with Crippen LogP contribution in [0, 0.1) is 12.7 Å². The molecule has 0 aliphatic heterocycles. The molecule has 0 spiro atoms. The highest BCUT2D eigenvalue weighted by Gasteiger charge is 2.33. The molecule has 0 N–H and O–H groups in total. The van der Waals surface area contributed by atoms with Crippen molar-refractivity contribution in [2.45, 2.75) is 40.2 Å². The molecule has 100 valence electrons. The van der Waals surface area contributed by atoms with Gasteiger partial charge in [0.05, 0.1) is 5.54 Å². The van der Waals surface area contributed by atoms with Crippen molar-refractivity contribution in [3.63, 3.8) is 0 Å². The predicted octanol–water partition coefficient (Wildman–Crippen LogP) is 3.44. The number of hydrogen-bond acceptors (Lipinski definition) is 2. The lowest BCUT2D eigenvalue weighted by molar-refractivity contribution is 0.0668. The average molecular weight is 251 g/mol. The van der Waals surface area contributed by atoms with Crippen molar-refractivity contribution in [3.05, 3.63) is 35.1 Å². The number of likely N-dealkylation sites (N-methyl/N-ethyl adjacent to an activating group) is 1. The summed E-state index contributed by atoms with van der Waals surface area (Å²) in [4.78, 5) is 14.6. The molecule has 18 heavy (non-hydrogen) atoms. The molecule has 2 nitrogen and oxygen atoms in total. The summed E-state index contributed by atoms with van der Waals surface area (Å²) in [5.74, 6) is -0.387. The maximum absolute atomic E-state index is 13.4. The van der Waals surface area contributed by atoms with Gasteiger partial charge in [0, 0.05) is 5.56 Å². The van der Waals surface area contributed by atoms with Gasteiger partial charge in [-0.15, -0.1) is 0 Å². The van der Waals surface area contributed by atoms with Crippen LogP contribution in [0.2, 0.25) is 0 Å². The van der Waals surface area contributed by atoms with Gasteiger partial charge in [0.2, 0.25) is 0 Å². The number of carbonyl (C=O) groups excluding carboxylic acids is 1. The fourth-order valence-corrected chi connectivity index (χ4v) is 2.38. The van der Waals surface area contributed by atoms with Crippen molar-refractivity contribution >= 4 is 5.78 Å². The van der Waals surface area contributed by atoms with Crippen LogP contribution in [-0.2, 0) is 0 Å². The summed E-state index contributed by atoms with van der Waals surface area (Å²) in [6.45, 7) is 11.2. The maximum atomic E-state index is 13.4. The van der Waals surface area contributed by atoms with Gasteiger partial charge in [0.1, 0.15) is 5.82 Å². The van der Waals surface area contributed by atoms with Gasteiger partial charge in [-0.3, -0.25) is 9.69 Å². The van der Waals surface area contributed by atoms with E-state index in [0.29, 0.717) is 5.56 Å². The number of carbonyl (C=O) groups is 1. The highest BCUT2D eigenvalue weighted by Crippen LogP contribution is 2.21. The van der Waals surface area contributed by atoms with E-state index in [1.54, 1.807) is 13.0 Å². The van der Waals surface area contributed by atoms with E-state index in [2.05, 4.69) is 4.90 Å². The zero-order chi connectivity index (χ0) is 13.9. The number of rotatable bonds is 5. The van der Waals surface area contributed by atoms with Crippen LogP contribution in [0.3, 0.4) is 0 Å². The lowest BCUT2D eigenvalue weighted by Crippen LogP contribution is -2.49. The van der Waals surface area contributed by atoms with Gasteiger partial charge in [-0.1, -0.05) is 13.8 Å². The monoisotopic (exact) mass is 251 g/mol. The maximum Gasteiger partial charge on any atom is 0.182 e. The second-order valence-corrected chi connectivity index (χ2v) is 5.08. The van der Waals surface area contributed by atoms with Gasteiger partial charge >= 0.3 is 0 Å². The highest BCUT2D eigenvalue weighted by molar-refractivity contribution is 6.02. The number of ketones is 1. The van der Waals surface area contributed by atoms with E-state index in [1.165, 1.54) is 12.1 Å². The first-order valence-electron chi connectivity index (χ1n) is 6.40. The molecule has 1 rings (SSSR count). The summed E-state index contributed by atoms with van der Waals surface area (Å²) in [5.41, 5.74) is 0.613. The molecule has 0 radical (unpaired) electrons. The molecule has 0 fully saturated rings. The fraction of sp³-hybridized carbons (Fsp3) is 0.533. The summed E-state index contributed by atoms with van der Waals surface area (Å²) < 4.78 is 13.4. The molecule has 0 amide bonds. The van der Waals surface area contributed by atoms with Gasteiger partial charge in [-0.2, -0.15) is 0 Å². The molecule has 0 saturated carbocycles. The van der Waals surface area contributed by atoms with Crippen LogP contribution in [0.5, 0.6) is 0 Å². The molecule has 0 aromatic heterocycles. The standard InChI is InChI=1S/C15H22FNO/c1-6-17(7-2)15(4,5)14(18)12-8-11(3)9-13(16)10-12/h8-10H,6-7H2,1-5H3. The van der Waals surface area contributed by atoms with E-state index in [4.69, 9.17) is 0 Å². The average Bonchev–Trinajstić information content (AvgIpc) is 2.27. The molecule has 1 aromatic rings. The zero-order valence-electron chi connectivity index (χ0n) is 11.9. The van der Waals surface area contributed by atoms with E-state index in [1.807, 2.05) is 27.7 Å². The molecule has 1 aromatic carbocycles. The number of aryl methyl sites for hydroxylation is 1. The Balaban J connectivity index is 3.12. The summed E-state index contributed by atoms with van der Waals surface area (Å²) in [6, 6.07) is 4.50. The summed E-state index contributed by atoms with van der Waals surface area (Å²) in [7, 11) is 0. The molecular weight excluding hydrogens is 229 g/mol. The van der Waals surface area contributed by atoms with Crippen molar-refractivity contribution in [3.8, 4) is 0 Å². The molecule has 3 heteroatoms. The molecule has 0 atom stereocenters. The van der Waals surface area contributed by atoms with E-state index >= 15 is 0 Å². The molecule has 0 bridgehead atoms. The lowest BCUT2D eigenvalue weighted by Gasteiger charge is -2.35. The Morgan fingerprint density at radius 2 is 1.78 bits per heavy atom. The lowest BCUT2D eigenvalue weighted by atomic mass is 9.90. The first-order valence-corrected chi connectivity index (χ1v) is 6.40. The van der Waals surface area contributed by atoms with Crippen molar-refractivity contribution in [2.75, 3.05) is 13.1 Å². The minimum Gasteiger partial charge on any atom is -0.292 e. The molecule has 0 unspecified atom stereocenters. The van der Waals surface area contributed by atoms with E-state index in [9.17, 15) is 9.18 Å². The van der Waals surface area contributed by atoms with Gasteiger partial charge in [-0.05, 0) is 57.6 Å². The summed E-state index contributed by atoms with van der Waals surface area (Å²) >= 11 is 0. The van der Waals surface area contributed by atoms with Crippen molar-refractivity contribution in [2.24, 2.45) is 0 Å². The smallest absolute Gasteiger partial charge is 0.182 e. The molecule has 0 saturated heterocycles. The molecular formula is C15H22FNO. The quantitative estimate of drug-likeness (QED) is 0.747. The Morgan fingerprint density at radius 1 is 1.22 bits per heavy atom. The predicted molar refractivity (Wildman–Crippen MR) is 72.5 cm³/mol. The number of halogens is 1. The SMILES string of the molecule is CCN(CC)C(C)(C)C(=O)c1cc(C)cc(F)c1. The number of hydrogen-bond donors (Lipinski definition) is 0. The van der Waals surface area contributed by atoms with Gasteiger partial charge in [0.15, 0.2) is 5.78 Å².